The molecule has 2 nitrogen and oxygen atoms in total. The minimum absolute atomic E-state index is 0.475. The van der Waals surface area contributed by atoms with E-state index in [9.17, 15) is 0 Å². The normalized spacial score (nSPS) is 27.0. The van der Waals surface area contributed by atoms with Gasteiger partial charge in [-0.15, -0.1) is 0 Å². The molecule has 1 saturated carbocycles. The Balaban J connectivity index is 2.13. The second kappa shape index (κ2) is 5.91. The average molecular weight is 276 g/mol. The molecule has 1 aromatic rings. The molecule has 1 fully saturated rings. The van der Waals surface area contributed by atoms with Crippen LogP contribution in [0.2, 0.25) is 0 Å². The zero-order chi connectivity index (χ0) is 14.0. The smallest absolute Gasteiger partial charge is 0.106 e. The van der Waals surface area contributed by atoms with Crippen molar-refractivity contribution in [3.63, 3.8) is 0 Å². The van der Waals surface area contributed by atoms with Crippen molar-refractivity contribution >= 4 is 22.9 Å². The van der Waals surface area contributed by atoms with Gasteiger partial charge in [0.15, 0.2) is 0 Å². The van der Waals surface area contributed by atoms with E-state index in [2.05, 4.69) is 44.3 Å². The standard InChI is InChI=1S/C16H24N2S/c1-10-4-7-15(14(8-10)16(17)19)18-13-6-5-11(2)12(3)9-13/h4,7-8,11-13,18H,5-6,9H2,1-3H3,(H2,17,19). The highest BCUT2D eigenvalue weighted by atomic mass is 32.1. The van der Waals surface area contributed by atoms with E-state index in [0.29, 0.717) is 11.0 Å². The summed E-state index contributed by atoms with van der Waals surface area (Å²) in [6.07, 6.45) is 3.76. The summed E-state index contributed by atoms with van der Waals surface area (Å²) in [7, 11) is 0. The lowest BCUT2D eigenvalue weighted by Gasteiger charge is -2.33. The van der Waals surface area contributed by atoms with Crippen LogP contribution in [0.25, 0.3) is 0 Å². The van der Waals surface area contributed by atoms with E-state index in [4.69, 9.17) is 18.0 Å². The van der Waals surface area contributed by atoms with Gasteiger partial charge < -0.3 is 11.1 Å². The van der Waals surface area contributed by atoms with Crippen LogP contribution in [0.1, 0.15) is 44.2 Å². The van der Waals surface area contributed by atoms with E-state index in [1.165, 1.54) is 24.8 Å². The van der Waals surface area contributed by atoms with Crippen LogP contribution in [-0.2, 0) is 0 Å². The van der Waals surface area contributed by atoms with Crippen molar-refractivity contribution in [3.8, 4) is 0 Å². The lowest BCUT2D eigenvalue weighted by Crippen LogP contribution is -2.31. The molecule has 3 unspecified atom stereocenters. The molecule has 104 valence electrons. The monoisotopic (exact) mass is 276 g/mol. The maximum Gasteiger partial charge on any atom is 0.106 e. The molecule has 19 heavy (non-hydrogen) atoms. The summed E-state index contributed by atoms with van der Waals surface area (Å²) in [6.45, 7) is 6.77. The maximum absolute atomic E-state index is 5.83. The molecule has 3 N–H and O–H groups in total. The van der Waals surface area contributed by atoms with Crippen molar-refractivity contribution in [1.82, 2.24) is 0 Å². The predicted octanol–water partition coefficient (Wildman–Crippen LogP) is 3.87. The molecule has 1 aliphatic carbocycles. The van der Waals surface area contributed by atoms with Crippen LogP contribution in [-0.4, -0.2) is 11.0 Å². The van der Waals surface area contributed by atoms with Gasteiger partial charge in [-0.25, -0.2) is 0 Å². The fourth-order valence-electron chi connectivity index (χ4n) is 2.89. The molecule has 1 aromatic carbocycles. The molecule has 0 aromatic heterocycles. The topological polar surface area (TPSA) is 38.0 Å². The number of rotatable bonds is 3. The predicted molar refractivity (Wildman–Crippen MR) is 86.7 cm³/mol. The molecule has 0 spiro atoms. The second-order valence-electron chi connectivity index (χ2n) is 6.02. The van der Waals surface area contributed by atoms with Gasteiger partial charge in [-0.05, 0) is 50.2 Å². The zero-order valence-corrected chi connectivity index (χ0v) is 12.9. The third-order valence-electron chi connectivity index (χ3n) is 4.40. The van der Waals surface area contributed by atoms with Crippen molar-refractivity contribution in [2.75, 3.05) is 5.32 Å². The van der Waals surface area contributed by atoms with Crippen LogP contribution in [0.15, 0.2) is 18.2 Å². The first-order chi connectivity index (χ1) is 8.97. The number of nitrogens with two attached hydrogens (primary N) is 1. The van der Waals surface area contributed by atoms with Crippen LogP contribution in [0, 0.1) is 18.8 Å². The Morgan fingerprint density at radius 1 is 1.26 bits per heavy atom. The Kier molecular flexibility index (Phi) is 4.46. The van der Waals surface area contributed by atoms with Crippen LogP contribution in [0.5, 0.6) is 0 Å². The number of benzene rings is 1. The molecular weight excluding hydrogens is 252 g/mol. The quantitative estimate of drug-likeness (QED) is 0.823. The molecule has 0 radical (unpaired) electrons. The van der Waals surface area contributed by atoms with Gasteiger partial charge in [-0.1, -0.05) is 37.7 Å². The highest BCUT2D eigenvalue weighted by molar-refractivity contribution is 7.80. The minimum atomic E-state index is 0.475. The summed E-state index contributed by atoms with van der Waals surface area (Å²) in [4.78, 5) is 0.475. The van der Waals surface area contributed by atoms with E-state index in [1.54, 1.807) is 0 Å². The summed E-state index contributed by atoms with van der Waals surface area (Å²) in [5.41, 5.74) is 9.08. The van der Waals surface area contributed by atoms with E-state index in [1.807, 2.05) is 0 Å². The number of anilines is 1. The van der Waals surface area contributed by atoms with Crippen LogP contribution in [0.3, 0.4) is 0 Å². The van der Waals surface area contributed by atoms with Crippen LogP contribution in [0.4, 0.5) is 5.69 Å². The van der Waals surface area contributed by atoms with Gasteiger partial charge in [-0.3, -0.25) is 0 Å². The fraction of sp³-hybridized carbons (Fsp3) is 0.562. The highest BCUT2D eigenvalue weighted by Crippen LogP contribution is 2.31. The SMILES string of the molecule is Cc1ccc(NC2CCC(C)C(C)C2)c(C(N)=S)c1. The Bertz CT molecular complexity index is 470. The molecule has 2 rings (SSSR count). The summed E-state index contributed by atoms with van der Waals surface area (Å²) in [5.74, 6) is 1.62. The summed E-state index contributed by atoms with van der Waals surface area (Å²) in [6, 6.07) is 6.83. The largest absolute Gasteiger partial charge is 0.389 e. The van der Waals surface area contributed by atoms with Gasteiger partial charge >= 0.3 is 0 Å². The molecule has 3 atom stereocenters. The minimum Gasteiger partial charge on any atom is -0.389 e. The molecule has 0 aliphatic heterocycles. The first-order valence-electron chi connectivity index (χ1n) is 7.14. The van der Waals surface area contributed by atoms with Gasteiger partial charge in [0.2, 0.25) is 0 Å². The van der Waals surface area contributed by atoms with E-state index in [0.717, 1.165) is 23.1 Å². The number of hydrogen-bond donors (Lipinski definition) is 2. The number of nitrogens with one attached hydrogen (secondary N) is 1. The van der Waals surface area contributed by atoms with Crippen molar-refractivity contribution in [2.45, 2.75) is 46.1 Å². The van der Waals surface area contributed by atoms with E-state index >= 15 is 0 Å². The van der Waals surface area contributed by atoms with E-state index in [-0.39, 0.29) is 0 Å². The van der Waals surface area contributed by atoms with Crippen LogP contribution < -0.4 is 11.1 Å². The van der Waals surface area contributed by atoms with Gasteiger partial charge in [0.25, 0.3) is 0 Å². The summed E-state index contributed by atoms with van der Waals surface area (Å²) in [5, 5.41) is 3.64. The first kappa shape index (κ1) is 14.3. The van der Waals surface area contributed by atoms with Gasteiger partial charge in [0.05, 0.1) is 0 Å². The molecule has 1 aliphatic rings. The Hall–Kier alpha value is -1.09. The lowest BCUT2D eigenvalue weighted by atomic mass is 9.79. The zero-order valence-electron chi connectivity index (χ0n) is 12.1. The van der Waals surface area contributed by atoms with Crippen molar-refractivity contribution in [1.29, 1.82) is 0 Å². The van der Waals surface area contributed by atoms with Gasteiger partial charge in [0, 0.05) is 17.3 Å². The lowest BCUT2D eigenvalue weighted by molar-refractivity contribution is 0.261. The fourth-order valence-corrected chi connectivity index (χ4v) is 3.06. The molecular formula is C16H24N2S. The number of aryl methyl sites for hydroxylation is 1. The van der Waals surface area contributed by atoms with Gasteiger partial charge in [-0.2, -0.15) is 0 Å². The summed E-state index contributed by atoms with van der Waals surface area (Å²) < 4.78 is 0. The third kappa shape index (κ3) is 3.47. The summed E-state index contributed by atoms with van der Waals surface area (Å²) >= 11 is 5.16. The Labute approximate surface area is 121 Å². The first-order valence-corrected chi connectivity index (χ1v) is 7.55. The van der Waals surface area contributed by atoms with Crippen LogP contribution >= 0.6 is 12.2 Å². The number of thiocarbonyl (C=S) groups is 1. The maximum atomic E-state index is 5.83. The Morgan fingerprint density at radius 3 is 2.63 bits per heavy atom. The third-order valence-corrected chi connectivity index (χ3v) is 4.62. The molecule has 3 heteroatoms. The van der Waals surface area contributed by atoms with Crippen molar-refractivity contribution in [2.24, 2.45) is 17.6 Å². The average Bonchev–Trinajstić information content (AvgIpc) is 2.36. The highest BCUT2D eigenvalue weighted by Gasteiger charge is 2.24. The van der Waals surface area contributed by atoms with Crippen molar-refractivity contribution in [3.05, 3.63) is 29.3 Å². The molecule has 0 amide bonds. The molecule has 0 bridgehead atoms. The Morgan fingerprint density at radius 2 is 2.00 bits per heavy atom. The van der Waals surface area contributed by atoms with Gasteiger partial charge in [0.1, 0.15) is 4.99 Å². The molecule has 0 saturated heterocycles. The number of hydrogen-bond acceptors (Lipinski definition) is 2. The van der Waals surface area contributed by atoms with E-state index < -0.39 is 0 Å². The second-order valence-corrected chi connectivity index (χ2v) is 6.46. The molecule has 0 heterocycles. The van der Waals surface area contributed by atoms with Crippen molar-refractivity contribution < 1.29 is 0 Å².